The lowest BCUT2D eigenvalue weighted by Gasteiger charge is -2.36. The zero-order valence-electron chi connectivity index (χ0n) is 28.2. The van der Waals surface area contributed by atoms with E-state index >= 15 is 0 Å². The van der Waals surface area contributed by atoms with Crippen molar-refractivity contribution in [3.8, 4) is 0 Å². The summed E-state index contributed by atoms with van der Waals surface area (Å²) in [6.07, 6.45) is 14.1. The van der Waals surface area contributed by atoms with Crippen LogP contribution in [-0.2, 0) is 12.8 Å². The molecule has 0 spiro atoms. The number of hydrogen-bond acceptors (Lipinski definition) is 3. The molecule has 0 amide bonds. The predicted molar refractivity (Wildman–Crippen MR) is 191 cm³/mol. The number of nitrogens with zero attached hydrogens (tertiary/aromatic N) is 2. The first kappa shape index (κ1) is 38.8. The number of benzene rings is 1. The highest BCUT2D eigenvalue weighted by Gasteiger charge is 2.31. The molecular weight excluding hydrogens is 602 g/mol. The average molecular weight is 663 g/mol. The second kappa shape index (κ2) is 22.3. The summed E-state index contributed by atoms with van der Waals surface area (Å²) >= 11 is 10.1. The molecule has 1 N–H and O–H groups in total. The van der Waals surface area contributed by atoms with E-state index in [2.05, 4.69) is 84.7 Å². The van der Waals surface area contributed by atoms with Crippen molar-refractivity contribution in [2.45, 2.75) is 132 Å². The molecule has 0 radical (unpaired) electrons. The number of rotatable bonds is 15. The maximum absolute atomic E-state index is 6.46. The van der Waals surface area contributed by atoms with Gasteiger partial charge in [-0.15, -0.1) is 6.58 Å². The van der Waals surface area contributed by atoms with Gasteiger partial charge in [-0.1, -0.05) is 96.9 Å². The number of nitrogens with one attached hydrogen (secondary N) is 1. The fourth-order valence-corrected chi connectivity index (χ4v) is 6.60. The fraction of sp³-hybridized carbons (Fsp3) is 0.649. The number of pyridine rings is 1. The molecule has 3 nitrogen and oxygen atoms in total. The van der Waals surface area contributed by atoms with Gasteiger partial charge in [-0.25, -0.2) is 0 Å². The van der Waals surface area contributed by atoms with E-state index in [-0.39, 0.29) is 6.04 Å². The summed E-state index contributed by atoms with van der Waals surface area (Å²) in [5.74, 6) is 0.856. The number of halogens is 2. The van der Waals surface area contributed by atoms with Crippen molar-refractivity contribution >= 4 is 27.5 Å². The molecule has 1 aliphatic carbocycles. The highest BCUT2D eigenvalue weighted by atomic mass is 79.9. The molecule has 0 saturated heterocycles. The lowest BCUT2D eigenvalue weighted by molar-refractivity contribution is 0.191. The molecule has 0 bridgehead atoms. The predicted octanol–water partition coefficient (Wildman–Crippen LogP) is 11.4. The van der Waals surface area contributed by atoms with E-state index in [0.29, 0.717) is 6.04 Å². The van der Waals surface area contributed by atoms with Gasteiger partial charge in [0, 0.05) is 28.3 Å². The van der Waals surface area contributed by atoms with Gasteiger partial charge in [0.1, 0.15) is 0 Å². The Labute approximate surface area is 273 Å². The highest BCUT2D eigenvalue weighted by Crippen LogP contribution is 2.38. The van der Waals surface area contributed by atoms with E-state index in [1.54, 1.807) is 0 Å². The van der Waals surface area contributed by atoms with Crippen LogP contribution in [0.25, 0.3) is 0 Å². The molecule has 1 heterocycles. The van der Waals surface area contributed by atoms with Gasteiger partial charge in [-0.3, -0.25) is 9.88 Å². The van der Waals surface area contributed by atoms with Crippen molar-refractivity contribution in [2.24, 2.45) is 5.92 Å². The first-order valence-corrected chi connectivity index (χ1v) is 17.9. The van der Waals surface area contributed by atoms with Crippen molar-refractivity contribution in [1.82, 2.24) is 15.2 Å². The van der Waals surface area contributed by atoms with E-state index in [1.165, 1.54) is 72.9 Å². The lowest BCUT2D eigenvalue weighted by atomic mass is 9.94. The van der Waals surface area contributed by atoms with E-state index in [1.807, 2.05) is 33.9 Å². The van der Waals surface area contributed by atoms with E-state index in [0.717, 1.165) is 54.3 Å². The molecular formula is C37H61BrClN3. The summed E-state index contributed by atoms with van der Waals surface area (Å²) in [6, 6.07) is 9.42. The minimum absolute atomic E-state index is 0.164. The monoisotopic (exact) mass is 661 g/mol. The van der Waals surface area contributed by atoms with Gasteiger partial charge in [0.15, 0.2) is 0 Å². The molecule has 1 aromatic heterocycles. The van der Waals surface area contributed by atoms with E-state index in [9.17, 15) is 0 Å². The summed E-state index contributed by atoms with van der Waals surface area (Å²) in [5, 5.41) is 4.81. The maximum Gasteiger partial charge on any atom is 0.0782 e. The first-order valence-electron chi connectivity index (χ1n) is 16.8. The molecule has 2 atom stereocenters. The molecule has 2 unspecified atom stereocenters. The quantitative estimate of drug-likeness (QED) is 0.192. The summed E-state index contributed by atoms with van der Waals surface area (Å²) in [4.78, 5) is 7.72. The Kier molecular flexibility index (Phi) is 20.6. The second-order valence-corrected chi connectivity index (χ2v) is 13.2. The molecule has 42 heavy (non-hydrogen) atoms. The Morgan fingerprint density at radius 2 is 1.60 bits per heavy atom. The van der Waals surface area contributed by atoms with Gasteiger partial charge in [-0.05, 0) is 116 Å². The lowest BCUT2D eigenvalue weighted by Crippen LogP contribution is -2.44. The van der Waals surface area contributed by atoms with Gasteiger partial charge < -0.3 is 5.32 Å². The minimum atomic E-state index is 0.164. The minimum Gasteiger partial charge on any atom is -0.313 e. The first-order chi connectivity index (χ1) is 20.2. The van der Waals surface area contributed by atoms with E-state index < -0.39 is 0 Å². The van der Waals surface area contributed by atoms with Gasteiger partial charge in [0.25, 0.3) is 0 Å². The molecule has 0 aliphatic heterocycles. The van der Waals surface area contributed by atoms with Gasteiger partial charge in [-0.2, -0.15) is 0 Å². The van der Waals surface area contributed by atoms with Crippen LogP contribution in [0.2, 0.25) is 5.02 Å². The van der Waals surface area contributed by atoms with Crippen LogP contribution in [-0.4, -0.2) is 35.6 Å². The highest BCUT2D eigenvalue weighted by molar-refractivity contribution is 9.10. The van der Waals surface area contributed by atoms with Crippen LogP contribution in [0.15, 0.2) is 47.1 Å². The molecule has 5 heteroatoms. The number of allylic oxidation sites excluding steroid dienone is 1. The molecule has 1 aliphatic rings. The zero-order valence-corrected chi connectivity index (χ0v) is 30.5. The molecule has 3 rings (SSSR count). The van der Waals surface area contributed by atoms with Crippen LogP contribution in [0.5, 0.6) is 0 Å². The van der Waals surface area contributed by atoms with Crippen molar-refractivity contribution in [2.75, 3.05) is 19.6 Å². The summed E-state index contributed by atoms with van der Waals surface area (Å²) in [5.41, 5.74) is 6.48. The largest absolute Gasteiger partial charge is 0.313 e. The Bertz CT molecular complexity index is 961. The van der Waals surface area contributed by atoms with Crippen LogP contribution in [0.3, 0.4) is 0 Å². The zero-order chi connectivity index (χ0) is 31.5. The summed E-state index contributed by atoms with van der Waals surface area (Å²) in [6.45, 7) is 24.0. The van der Waals surface area contributed by atoms with Crippen LogP contribution in [0.4, 0.5) is 0 Å². The van der Waals surface area contributed by atoms with Gasteiger partial charge in [0.2, 0.25) is 0 Å². The van der Waals surface area contributed by atoms with Crippen LogP contribution in [0.1, 0.15) is 135 Å². The Hall–Kier alpha value is -1.20. The van der Waals surface area contributed by atoms with Crippen molar-refractivity contribution < 1.29 is 0 Å². The van der Waals surface area contributed by atoms with Crippen molar-refractivity contribution in [1.29, 1.82) is 0 Å². The molecule has 0 saturated carbocycles. The second-order valence-electron chi connectivity index (χ2n) is 11.8. The topological polar surface area (TPSA) is 28.2 Å². The third kappa shape index (κ3) is 13.6. The Balaban J connectivity index is 0.00000135. The summed E-state index contributed by atoms with van der Waals surface area (Å²) < 4.78 is 1.06. The molecule has 238 valence electrons. The average Bonchev–Trinajstić information content (AvgIpc) is 3.10. The van der Waals surface area contributed by atoms with Crippen molar-refractivity contribution in [3.63, 3.8) is 0 Å². The molecule has 1 aromatic carbocycles. The van der Waals surface area contributed by atoms with E-state index in [4.69, 9.17) is 16.6 Å². The number of fused-ring (bicyclic) bond motifs is 2. The standard InChI is InChI=1S/C31H47BrClN3.C4H8.C2H6/c1-5-9-23(10-6-2)16-17-34-28(11-7-3)22-36(18-8-4)31-29-15-14-27(33)20-24(29)12-13-25-19-26(32)21-35-30(25)31;1-4(2)3;1-2/h14-15,19-21,23,28,31,34H,5-13,16-18,22H2,1-4H3;1H2,2-3H3;1-2H3. The third-order valence-electron chi connectivity index (χ3n) is 7.64. The summed E-state index contributed by atoms with van der Waals surface area (Å²) in [7, 11) is 0. The smallest absolute Gasteiger partial charge is 0.0782 e. The normalized spacial score (nSPS) is 14.6. The SMILES string of the molecule is C=C(C)C.CC.CCCC(CCC)CCNC(CCC)CN(CCC)C1c2ccc(Cl)cc2CCc2cc(Br)cnc21. The fourth-order valence-electron chi connectivity index (χ4n) is 6.03. The Morgan fingerprint density at radius 3 is 2.19 bits per heavy atom. The molecule has 0 fully saturated rings. The maximum atomic E-state index is 6.46. The number of aryl methyl sites for hydroxylation is 2. The number of aromatic nitrogens is 1. The molecule has 2 aromatic rings. The van der Waals surface area contributed by atoms with Crippen LogP contribution >= 0.6 is 27.5 Å². The van der Waals surface area contributed by atoms with Crippen molar-refractivity contribution in [3.05, 3.63) is 74.5 Å². The van der Waals surface area contributed by atoms with Crippen LogP contribution < -0.4 is 5.32 Å². The van der Waals surface area contributed by atoms with Gasteiger partial charge in [0.05, 0.1) is 11.7 Å². The van der Waals surface area contributed by atoms with Crippen LogP contribution in [0, 0.1) is 5.92 Å². The number of hydrogen-bond donors (Lipinski definition) is 1. The van der Waals surface area contributed by atoms with Gasteiger partial charge >= 0.3 is 0 Å². The third-order valence-corrected chi connectivity index (χ3v) is 8.31. The Morgan fingerprint density at radius 1 is 0.976 bits per heavy atom.